The molecule has 1 aromatic heterocycles. The first kappa shape index (κ1) is 22.6. The number of methoxy groups -OCH3 is 1. The molecule has 1 heterocycles. The van der Waals surface area contributed by atoms with Crippen LogP contribution in [0.15, 0.2) is 83.7 Å². The van der Waals surface area contributed by atoms with Gasteiger partial charge in [-0.05, 0) is 66.0 Å². The molecule has 5 nitrogen and oxygen atoms in total. The molecule has 168 valence electrons. The van der Waals surface area contributed by atoms with Gasteiger partial charge >= 0.3 is 0 Å². The minimum Gasteiger partial charge on any atom is -0.497 e. The Morgan fingerprint density at radius 3 is 2.45 bits per heavy atom. The van der Waals surface area contributed by atoms with Gasteiger partial charge in [0.25, 0.3) is 5.56 Å². The minimum absolute atomic E-state index is 0.100. The van der Waals surface area contributed by atoms with Crippen molar-refractivity contribution in [2.75, 3.05) is 7.11 Å². The van der Waals surface area contributed by atoms with Crippen molar-refractivity contribution in [1.82, 2.24) is 15.2 Å². The van der Waals surface area contributed by atoms with Crippen LogP contribution in [0.1, 0.15) is 22.3 Å². The fraction of sp³-hybridized carbons (Fsp3) is 0.185. The molecule has 0 saturated heterocycles. The first-order valence-corrected chi connectivity index (χ1v) is 11.2. The van der Waals surface area contributed by atoms with Gasteiger partial charge in [0.05, 0.1) is 13.7 Å². The summed E-state index contributed by atoms with van der Waals surface area (Å²) in [7, 11) is 1.65. The van der Waals surface area contributed by atoms with Gasteiger partial charge in [0.15, 0.2) is 5.11 Å². The number of aromatic amines is 1. The number of H-pyrrole nitrogens is 1. The highest BCUT2D eigenvalue weighted by Gasteiger charge is 2.14. The summed E-state index contributed by atoms with van der Waals surface area (Å²) < 4.78 is 5.27. The number of thiocarbonyl (C=S) groups is 1. The second-order valence-corrected chi connectivity index (χ2v) is 8.45. The summed E-state index contributed by atoms with van der Waals surface area (Å²) in [5.74, 6) is 0.802. The Labute approximate surface area is 199 Å². The standard InChI is InChI=1S/C27H27N3O2S/c1-19-8-13-25-22(14-19)15-23(26(31)29-25)18-30(17-21-9-11-24(32-2)12-10-21)27(33)28-16-20-6-4-3-5-7-20/h3-15H,16-18H2,1-2H3,(H,28,33)(H,29,31). The summed E-state index contributed by atoms with van der Waals surface area (Å²) >= 11 is 5.76. The number of aryl methyl sites for hydroxylation is 1. The molecule has 4 rings (SSSR count). The van der Waals surface area contributed by atoms with Gasteiger partial charge in [0.2, 0.25) is 0 Å². The van der Waals surface area contributed by atoms with Crippen LogP contribution in [0.4, 0.5) is 0 Å². The van der Waals surface area contributed by atoms with Crippen LogP contribution in [0.2, 0.25) is 0 Å². The third-order valence-electron chi connectivity index (χ3n) is 5.54. The molecule has 0 aliphatic heterocycles. The molecular weight excluding hydrogens is 430 g/mol. The van der Waals surface area contributed by atoms with Crippen molar-refractivity contribution in [3.8, 4) is 5.75 Å². The van der Waals surface area contributed by atoms with Gasteiger partial charge in [-0.15, -0.1) is 0 Å². The molecule has 0 atom stereocenters. The van der Waals surface area contributed by atoms with E-state index in [-0.39, 0.29) is 5.56 Å². The van der Waals surface area contributed by atoms with Crippen LogP contribution in [0.5, 0.6) is 5.75 Å². The van der Waals surface area contributed by atoms with Crippen molar-refractivity contribution in [3.05, 3.63) is 111 Å². The number of fused-ring (bicyclic) bond motifs is 1. The Bertz CT molecular complexity index is 1300. The number of pyridine rings is 1. The predicted octanol–water partition coefficient (Wildman–Crippen LogP) is 4.92. The number of hydrogen-bond acceptors (Lipinski definition) is 3. The van der Waals surface area contributed by atoms with E-state index in [1.807, 2.05) is 72.5 Å². The molecule has 0 aliphatic carbocycles. The average molecular weight is 458 g/mol. The lowest BCUT2D eigenvalue weighted by Crippen LogP contribution is -2.39. The summed E-state index contributed by atoms with van der Waals surface area (Å²) in [4.78, 5) is 17.9. The van der Waals surface area contributed by atoms with Crippen LogP contribution in [0, 0.1) is 6.92 Å². The van der Waals surface area contributed by atoms with Crippen molar-refractivity contribution < 1.29 is 4.74 Å². The molecule has 33 heavy (non-hydrogen) atoms. The fourth-order valence-corrected chi connectivity index (χ4v) is 3.93. The Kier molecular flexibility index (Phi) is 7.05. The highest BCUT2D eigenvalue weighted by molar-refractivity contribution is 7.80. The summed E-state index contributed by atoms with van der Waals surface area (Å²) in [6.07, 6.45) is 0. The smallest absolute Gasteiger partial charge is 0.253 e. The lowest BCUT2D eigenvalue weighted by atomic mass is 10.1. The van der Waals surface area contributed by atoms with Gasteiger partial charge in [-0.3, -0.25) is 4.79 Å². The molecule has 2 N–H and O–H groups in total. The normalized spacial score (nSPS) is 10.7. The molecule has 0 spiro atoms. The number of benzene rings is 3. The number of nitrogens with one attached hydrogen (secondary N) is 2. The zero-order valence-corrected chi connectivity index (χ0v) is 19.6. The number of ether oxygens (including phenoxy) is 1. The van der Waals surface area contributed by atoms with Crippen LogP contribution in [-0.4, -0.2) is 22.1 Å². The van der Waals surface area contributed by atoms with Gasteiger partial charge in [-0.1, -0.05) is 54.1 Å². The largest absolute Gasteiger partial charge is 0.497 e. The van der Waals surface area contributed by atoms with Crippen molar-refractivity contribution in [2.45, 2.75) is 26.6 Å². The van der Waals surface area contributed by atoms with Crippen LogP contribution in [-0.2, 0) is 19.6 Å². The molecule has 4 aromatic rings. The Balaban J connectivity index is 1.59. The van der Waals surface area contributed by atoms with Gasteiger partial charge in [-0.25, -0.2) is 0 Å². The van der Waals surface area contributed by atoms with Crippen LogP contribution in [0.3, 0.4) is 0 Å². The maximum absolute atomic E-state index is 12.8. The molecule has 3 aromatic carbocycles. The lowest BCUT2D eigenvalue weighted by molar-refractivity contribution is 0.395. The van der Waals surface area contributed by atoms with Gasteiger partial charge < -0.3 is 19.9 Å². The van der Waals surface area contributed by atoms with Gasteiger partial charge in [0.1, 0.15) is 5.75 Å². The third-order valence-corrected chi connectivity index (χ3v) is 5.95. The minimum atomic E-state index is -0.100. The van der Waals surface area contributed by atoms with E-state index in [0.29, 0.717) is 30.3 Å². The Morgan fingerprint density at radius 1 is 0.970 bits per heavy atom. The molecule has 0 fully saturated rings. The van der Waals surface area contributed by atoms with E-state index in [4.69, 9.17) is 17.0 Å². The monoisotopic (exact) mass is 457 g/mol. The van der Waals surface area contributed by atoms with Gasteiger partial charge in [-0.2, -0.15) is 0 Å². The number of hydrogen-bond donors (Lipinski definition) is 2. The van der Waals surface area contributed by atoms with E-state index in [0.717, 1.165) is 33.3 Å². The number of rotatable bonds is 7. The van der Waals surface area contributed by atoms with Crippen molar-refractivity contribution >= 4 is 28.2 Å². The quantitative estimate of drug-likeness (QED) is 0.386. The Morgan fingerprint density at radius 2 is 1.73 bits per heavy atom. The van der Waals surface area contributed by atoms with Crippen molar-refractivity contribution in [2.24, 2.45) is 0 Å². The van der Waals surface area contributed by atoms with Crippen LogP contribution in [0.25, 0.3) is 10.9 Å². The van der Waals surface area contributed by atoms with Crippen LogP contribution < -0.4 is 15.6 Å². The van der Waals surface area contributed by atoms with E-state index in [1.165, 1.54) is 0 Å². The van der Waals surface area contributed by atoms with Crippen LogP contribution >= 0.6 is 12.2 Å². The summed E-state index contributed by atoms with van der Waals surface area (Å²) in [6.45, 7) is 3.62. The molecule has 0 radical (unpaired) electrons. The maximum atomic E-state index is 12.8. The SMILES string of the molecule is COc1ccc(CN(Cc2cc3cc(C)ccc3[nH]c2=O)C(=S)NCc2ccccc2)cc1. The van der Waals surface area contributed by atoms with Gasteiger partial charge in [0, 0.05) is 24.2 Å². The second-order valence-electron chi connectivity index (χ2n) is 8.06. The van der Waals surface area contributed by atoms with E-state index >= 15 is 0 Å². The van der Waals surface area contributed by atoms with E-state index < -0.39 is 0 Å². The Hall–Kier alpha value is -3.64. The molecule has 0 bridgehead atoms. The molecule has 0 unspecified atom stereocenters. The zero-order chi connectivity index (χ0) is 23.2. The second kappa shape index (κ2) is 10.3. The molecule has 0 saturated carbocycles. The first-order valence-electron chi connectivity index (χ1n) is 10.8. The first-order chi connectivity index (χ1) is 16.0. The number of nitrogens with zero attached hydrogens (tertiary/aromatic N) is 1. The summed E-state index contributed by atoms with van der Waals surface area (Å²) in [6, 6.07) is 26.0. The molecule has 6 heteroatoms. The summed E-state index contributed by atoms with van der Waals surface area (Å²) in [5.41, 5.74) is 4.77. The van der Waals surface area contributed by atoms with E-state index in [2.05, 4.69) is 28.5 Å². The lowest BCUT2D eigenvalue weighted by Gasteiger charge is -2.26. The van der Waals surface area contributed by atoms with Crippen molar-refractivity contribution in [3.63, 3.8) is 0 Å². The fourth-order valence-electron chi connectivity index (χ4n) is 3.73. The highest BCUT2D eigenvalue weighted by atomic mass is 32.1. The zero-order valence-electron chi connectivity index (χ0n) is 18.8. The molecular formula is C27H27N3O2S. The molecule has 0 amide bonds. The predicted molar refractivity (Wildman–Crippen MR) is 137 cm³/mol. The highest BCUT2D eigenvalue weighted by Crippen LogP contribution is 2.17. The topological polar surface area (TPSA) is 57.4 Å². The molecule has 0 aliphatic rings. The summed E-state index contributed by atoms with van der Waals surface area (Å²) in [5, 5.41) is 4.96. The number of aromatic nitrogens is 1. The third kappa shape index (κ3) is 5.79. The average Bonchev–Trinajstić information content (AvgIpc) is 2.84. The van der Waals surface area contributed by atoms with Crippen molar-refractivity contribution in [1.29, 1.82) is 0 Å². The maximum Gasteiger partial charge on any atom is 0.253 e. The van der Waals surface area contributed by atoms with E-state index in [1.54, 1.807) is 7.11 Å². The van der Waals surface area contributed by atoms with E-state index in [9.17, 15) is 4.79 Å².